The zero-order chi connectivity index (χ0) is 24.9. The molecule has 3 aromatic carbocycles. The number of allylic oxidation sites excluding steroid dienone is 2. The highest BCUT2D eigenvalue weighted by atomic mass is 19.2. The van der Waals surface area contributed by atoms with E-state index in [1.807, 2.05) is 13.0 Å². The fourth-order valence-corrected chi connectivity index (χ4v) is 3.98. The summed E-state index contributed by atoms with van der Waals surface area (Å²) in [5.41, 5.74) is 1.23. The van der Waals surface area contributed by atoms with E-state index in [0.29, 0.717) is 30.8 Å². The molecule has 3 aromatic rings. The maximum absolute atomic E-state index is 14.9. The number of ether oxygens (including phenoxy) is 2. The summed E-state index contributed by atoms with van der Waals surface area (Å²) in [6.45, 7) is 6.26. The van der Waals surface area contributed by atoms with Crippen LogP contribution in [0.3, 0.4) is 0 Å². The van der Waals surface area contributed by atoms with Crippen molar-refractivity contribution in [1.82, 2.24) is 0 Å². The van der Waals surface area contributed by atoms with E-state index in [-0.39, 0.29) is 28.2 Å². The molecule has 0 unspecified atom stereocenters. The molecule has 35 heavy (non-hydrogen) atoms. The van der Waals surface area contributed by atoms with Gasteiger partial charge in [-0.05, 0) is 29.5 Å². The van der Waals surface area contributed by atoms with Crippen LogP contribution in [-0.4, -0.2) is 13.2 Å². The van der Waals surface area contributed by atoms with Crippen molar-refractivity contribution in [3.05, 3.63) is 108 Å². The molecule has 1 saturated heterocycles. The Kier molecular flexibility index (Phi) is 7.83. The third-order valence-electron chi connectivity index (χ3n) is 6.03. The predicted molar refractivity (Wildman–Crippen MR) is 129 cm³/mol. The number of rotatable bonds is 7. The molecule has 6 heteroatoms. The Morgan fingerprint density at radius 3 is 1.91 bits per heavy atom. The molecule has 4 rings (SSSR count). The fourth-order valence-electron chi connectivity index (χ4n) is 3.98. The molecule has 0 N–H and O–H groups in total. The quantitative estimate of drug-likeness (QED) is 0.251. The minimum atomic E-state index is -1.05. The van der Waals surface area contributed by atoms with Crippen LogP contribution in [0.5, 0.6) is 0 Å². The molecule has 1 aliphatic rings. The zero-order valence-corrected chi connectivity index (χ0v) is 19.4. The number of hydrogen-bond acceptors (Lipinski definition) is 2. The van der Waals surface area contributed by atoms with Crippen molar-refractivity contribution in [2.75, 3.05) is 13.2 Å². The monoisotopic (exact) mass is 482 g/mol. The van der Waals surface area contributed by atoms with Crippen molar-refractivity contribution in [1.29, 1.82) is 0 Å². The van der Waals surface area contributed by atoms with Crippen LogP contribution < -0.4 is 0 Å². The first-order chi connectivity index (χ1) is 16.9. The lowest BCUT2D eigenvalue weighted by Crippen LogP contribution is -2.26. The van der Waals surface area contributed by atoms with E-state index in [1.165, 1.54) is 18.2 Å². The summed E-state index contributed by atoms with van der Waals surface area (Å²) in [4.78, 5) is 0. The van der Waals surface area contributed by atoms with Crippen LogP contribution in [0.15, 0.2) is 73.3 Å². The summed E-state index contributed by atoms with van der Waals surface area (Å²) in [6, 6.07) is 12.2. The van der Waals surface area contributed by atoms with E-state index >= 15 is 0 Å². The summed E-state index contributed by atoms with van der Waals surface area (Å²) >= 11 is 0. The second-order valence-electron chi connectivity index (χ2n) is 8.39. The first kappa shape index (κ1) is 24.9. The molecule has 1 heterocycles. The second kappa shape index (κ2) is 11.0. The van der Waals surface area contributed by atoms with Crippen molar-refractivity contribution in [3.63, 3.8) is 0 Å². The van der Waals surface area contributed by atoms with Crippen LogP contribution in [0, 0.1) is 29.2 Å². The van der Waals surface area contributed by atoms with Crippen LogP contribution in [0.1, 0.15) is 30.8 Å². The van der Waals surface area contributed by atoms with Gasteiger partial charge in [0.2, 0.25) is 0 Å². The molecule has 0 aliphatic carbocycles. The molecule has 2 nitrogen and oxygen atoms in total. The molecule has 1 aliphatic heterocycles. The fraction of sp³-hybridized carbons (Fsp3) is 0.241. The summed E-state index contributed by atoms with van der Waals surface area (Å²) in [6.07, 6.45) is 5.53. The Hall–Kier alpha value is -3.22. The summed E-state index contributed by atoms with van der Waals surface area (Å²) < 4.78 is 70.0. The maximum Gasteiger partial charge on any atom is 0.186 e. The molecular formula is C29H26F4O2. The molecule has 0 atom stereocenters. The van der Waals surface area contributed by atoms with Gasteiger partial charge in [0.05, 0.1) is 13.2 Å². The molecule has 0 spiro atoms. The molecule has 0 bridgehead atoms. The van der Waals surface area contributed by atoms with E-state index in [1.54, 1.807) is 42.5 Å². The van der Waals surface area contributed by atoms with E-state index < -0.39 is 29.6 Å². The van der Waals surface area contributed by atoms with Crippen LogP contribution in [-0.2, 0) is 15.9 Å². The molecular weight excluding hydrogens is 456 g/mol. The lowest BCUT2D eigenvalue weighted by atomic mass is 9.97. The van der Waals surface area contributed by atoms with Gasteiger partial charge in [-0.2, -0.15) is 0 Å². The average molecular weight is 483 g/mol. The topological polar surface area (TPSA) is 18.5 Å². The SMILES string of the molecule is C=CC1COC(c2ccc(-c3ccc(-c4ccc(C/C=C\CC)c(F)c4F)cc3)c(F)c2F)OC1. The average Bonchev–Trinajstić information content (AvgIpc) is 2.89. The highest BCUT2D eigenvalue weighted by molar-refractivity contribution is 5.71. The minimum Gasteiger partial charge on any atom is -0.348 e. The molecule has 0 amide bonds. The van der Waals surface area contributed by atoms with Crippen molar-refractivity contribution < 1.29 is 27.0 Å². The summed E-state index contributed by atoms with van der Waals surface area (Å²) in [5.74, 6) is -3.90. The second-order valence-corrected chi connectivity index (χ2v) is 8.39. The zero-order valence-electron chi connectivity index (χ0n) is 19.4. The van der Waals surface area contributed by atoms with E-state index in [0.717, 1.165) is 6.42 Å². The van der Waals surface area contributed by atoms with Crippen molar-refractivity contribution in [2.45, 2.75) is 26.1 Å². The van der Waals surface area contributed by atoms with Gasteiger partial charge in [-0.1, -0.05) is 73.7 Å². The molecule has 0 saturated carbocycles. The Morgan fingerprint density at radius 1 is 0.771 bits per heavy atom. The Morgan fingerprint density at radius 2 is 1.34 bits per heavy atom. The smallest absolute Gasteiger partial charge is 0.186 e. The van der Waals surface area contributed by atoms with Crippen LogP contribution in [0.4, 0.5) is 17.6 Å². The van der Waals surface area contributed by atoms with E-state index in [2.05, 4.69) is 6.58 Å². The minimum absolute atomic E-state index is 0.00403. The Balaban J connectivity index is 1.56. The molecule has 182 valence electrons. The van der Waals surface area contributed by atoms with Gasteiger partial charge in [-0.3, -0.25) is 0 Å². The van der Waals surface area contributed by atoms with Crippen molar-refractivity contribution >= 4 is 0 Å². The van der Waals surface area contributed by atoms with Gasteiger partial charge in [-0.15, -0.1) is 6.58 Å². The summed E-state index contributed by atoms with van der Waals surface area (Å²) in [7, 11) is 0. The first-order valence-electron chi connectivity index (χ1n) is 11.5. The highest BCUT2D eigenvalue weighted by Crippen LogP contribution is 2.34. The van der Waals surface area contributed by atoms with Gasteiger partial charge in [0.15, 0.2) is 29.6 Å². The molecule has 0 aromatic heterocycles. The van der Waals surface area contributed by atoms with Gasteiger partial charge in [0.25, 0.3) is 0 Å². The van der Waals surface area contributed by atoms with Crippen molar-refractivity contribution in [2.24, 2.45) is 5.92 Å². The van der Waals surface area contributed by atoms with Crippen molar-refractivity contribution in [3.8, 4) is 22.3 Å². The standard InChI is InChI=1S/C29H26F4O2/c1-3-5-6-7-21-12-13-22(26(31)25(21)30)19-8-10-20(11-9-19)23-14-15-24(28(33)27(23)32)29-34-16-18(4-2)17-35-29/h4-6,8-15,18,29H,2-3,7,16-17H2,1H3/b6-5-. The van der Waals surface area contributed by atoms with Crippen LogP contribution in [0.2, 0.25) is 0 Å². The molecule has 1 fully saturated rings. The number of halogens is 4. The van der Waals surface area contributed by atoms with Gasteiger partial charge >= 0.3 is 0 Å². The highest BCUT2D eigenvalue weighted by Gasteiger charge is 2.27. The lowest BCUT2D eigenvalue weighted by molar-refractivity contribution is -0.198. The molecule has 0 radical (unpaired) electrons. The van der Waals surface area contributed by atoms with Gasteiger partial charge < -0.3 is 9.47 Å². The van der Waals surface area contributed by atoms with Gasteiger partial charge in [0, 0.05) is 22.6 Å². The summed E-state index contributed by atoms with van der Waals surface area (Å²) in [5, 5.41) is 0. The van der Waals surface area contributed by atoms with Gasteiger partial charge in [0.1, 0.15) is 0 Å². The van der Waals surface area contributed by atoms with E-state index in [4.69, 9.17) is 9.47 Å². The van der Waals surface area contributed by atoms with Crippen LogP contribution in [0.25, 0.3) is 22.3 Å². The normalized spacial score (nSPS) is 18.2. The maximum atomic E-state index is 14.9. The van der Waals surface area contributed by atoms with Gasteiger partial charge in [-0.25, -0.2) is 17.6 Å². The largest absolute Gasteiger partial charge is 0.348 e. The Labute approximate surface area is 202 Å². The third-order valence-corrected chi connectivity index (χ3v) is 6.03. The van der Waals surface area contributed by atoms with Crippen LogP contribution >= 0.6 is 0 Å². The third kappa shape index (κ3) is 5.24. The lowest BCUT2D eigenvalue weighted by Gasteiger charge is -2.28. The first-order valence-corrected chi connectivity index (χ1v) is 11.5. The Bertz CT molecular complexity index is 1230. The number of hydrogen-bond donors (Lipinski definition) is 0. The van der Waals surface area contributed by atoms with E-state index in [9.17, 15) is 17.6 Å². The predicted octanol–water partition coefficient (Wildman–Crippen LogP) is 7.93. The number of benzene rings is 3.